The standard InChI is InChI=1S/C18H29F/c1-4-6-10-14-18(3,15-11-7-5-2)16-12-8-9-13-17(16)19/h8-9,12-13H,4-7,10-11,14-15H2,1-3H3. The average molecular weight is 264 g/mol. The topological polar surface area (TPSA) is 0 Å². The Kier molecular flexibility index (Phi) is 7.12. The monoisotopic (exact) mass is 264 g/mol. The first-order valence-electron chi connectivity index (χ1n) is 7.89. The summed E-state index contributed by atoms with van der Waals surface area (Å²) in [5.74, 6) is -0.0296. The van der Waals surface area contributed by atoms with Crippen molar-refractivity contribution in [3.05, 3.63) is 35.6 Å². The molecule has 0 atom stereocenters. The van der Waals surface area contributed by atoms with Crippen LogP contribution in [-0.4, -0.2) is 0 Å². The lowest BCUT2D eigenvalue weighted by Gasteiger charge is -2.31. The molecule has 1 aromatic carbocycles. The lowest BCUT2D eigenvalue weighted by atomic mass is 9.74. The van der Waals surface area contributed by atoms with Crippen molar-refractivity contribution >= 4 is 0 Å². The molecule has 19 heavy (non-hydrogen) atoms. The minimum Gasteiger partial charge on any atom is -0.207 e. The fourth-order valence-electron chi connectivity index (χ4n) is 2.88. The first-order chi connectivity index (χ1) is 9.14. The fraction of sp³-hybridized carbons (Fsp3) is 0.667. The summed E-state index contributed by atoms with van der Waals surface area (Å²) < 4.78 is 14.1. The van der Waals surface area contributed by atoms with Crippen molar-refractivity contribution in [2.75, 3.05) is 0 Å². The van der Waals surface area contributed by atoms with Gasteiger partial charge in [0.15, 0.2) is 0 Å². The van der Waals surface area contributed by atoms with Gasteiger partial charge in [0.2, 0.25) is 0 Å². The van der Waals surface area contributed by atoms with E-state index in [0.29, 0.717) is 0 Å². The van der Waals surface area contributed by atoms with E-state index in [2.05, 4.69) is 20.8 Å². The van der Waals surface area contributed by atoms with Crippen molar-refractivity contribution in [1.29, 1.82) is 0 Å². The van der Waals surface area contributed by atoms with Crippen LogP contribution in [0.25, 0.3) is 0 Å². The van der Waals surface area contributed by atoms with Crippen molar-refractivity contribution in [3.63, 3.8) is 0 Å². The number of benzene rings is 1. The molecule has 0 unspecified atom stereocenters. The van der Waals surface area contributed by atoms with Gasteiger partial charge in [0.1, 0.15) is 5.82 Å². The zero-order chi connectivity index (χ0) is 14.1. The lowest BCUT2D eigenvalue weighted by Crippen LogP contribution is -2.23. The van der Waals surface area contributed by atoms with Crippen LogP contribution in [0.15, 0.2) is 24.3 Å². The summed E-state index contributed by atoms with van der Waals surface area (Å²) in [6.45, 7) is 6.69. The predicted octanol–water partition coefficient (Wildman–Crippen LogP) is 6.24. The molecule has 0 nitrogen and oxygen atoms in total. The smallest absolute Gasteiger partial charge is 0.126 e. The molecule has 1 heteroatoms. The highest BCUT2D eigenvalue weighted by molar-refractivity contribution is 5.26. The van der Waals surface area contributed by atoms with Crippen LogP contribution in [0, 0.1) is 5.82 Å². The molecule has 0 spiro atoms. The largest absolute Gasteiger partial charge is 0.207 e. The zero-order valence-electron chi connectivity index (χ0n) is 12.8. The molecule has 1 aromatic rings. The van der Waals surface area contributed by atoms with Gasteiger partial charge in [-0.3, -0.25) is 0 Å². The van der Waals surface area contributed by atoms with Crippen LogP contribution in [-0.2, 0) is 5.41 Å². The van der Waals surface area contributed by atoms with E-state index < -0.39 is 0 Å². The number of halogens is 1. The molecule has 0 fully saturated rings. The molecule has 0 saturated carbocycles. The Morgan fingerprint density at radius 2 is 1.42 bits per heavy atom. The molecule has 0 bridgehead atoms. The van der Waals surface area contributed by atoms with Gasteiger partial charge in [-0.25, -0.2) is 4.39 Å². The van der Waals surface area contributed by atoms with E-state index in [4.69, 9.17) is 0 Å². The van der Waals surface area contributed by atoms with Gasteiger partial charge in [-0.1, -0.05) is 77.5 Å². The van der Waals surface area contributed by atoms with Crippen LogP contribution >= 0.6 is 0 Å². The van der Waals surface area contributed by atoms with E-state index in [1.807, 2.05) is 12.1 Å². The van der Waals surface area contributed by atoms with Crippen molar-refractivity contribution in [1.82, 2.24) is 0 Å². The Balaban J connectivity index is 2.81. The number of unbranched alkanes of at least 4 members (excludes halogenated alkanes) is 4. The Bertz CT molecular complexity index is 346. The van der Waals surface area contributed by atoms with Crippen LogP contribution in [0.1, 0.15) is 77.7 Å². The van der Waals surface area contributed by atoms with Gasteiger partial charge in [0.05, 0.1) is 0 Å². The molecule has 0 saturated heterocycles. The second-order valence-electron chi connectivity index (χ2n) is 5.95. The Morgan fingerprint density at radius 3 is 1.89 bits per heavy atom. The summed E-state index contributed by atoms with van der Waals surface area (Å²) in [6.07, 6.45) is 9.55. The van der Waals surface area contributed by atoms with Crippen LogP contribution in [0.3, 0.4) is 0 Å². The Hall–Kier alpha value is -0.850. The minimum atomic E-state index is -0.0296. The summed E-state index contributed by atoms with van der Waals surface area (Å²) >= 11 is 0. The molecule has 0 aliphatic rings. The van der Waals surface area contributed by atoms with E-state index in [0.717, 1.165) is 18.4 Å². The lowest BCUT2D eigenvalue weighted by molar-refractivity contribution is 0.354. The summed E-state index contributed by atoms with van der Waals surface area (Å²) in [7, 11) is 0. The Labute approximate surface area is 118 Å². The normalized spacial score (nSPS) is 11.8. The van der Waals surface area contributed by atoms with Gasteiger partial charge in [-0.15, -0.1) is 0 Å². The molecule has 0 amide bonds. The van der Waals surface area contributed by atoms with Gasteiger partial charge in [0, 0.05) is 0 Å². The van der Waals surface area contributed by atoms with Crippen molar-refractivity contribution < 1.29 is 4.39 Å². The van der Waals surface area contributed by atoms with Crippen molar-refractivity contribution in [2.24, 2.45) is 0 Å². The zero-order valence-corrected chi connectivity index (χ0v) is 12.8. The molecule has 0 aliphatic carbocycles. The highest BCUT2D eigenvalue weighted by Gasteiger charge is 2.28. The van der Waals surface area contributed by atoms with Crippen LogP contribution in [0.2, 0.25) is 0 Å². The van der Waals surface area contributed by atoms with Gasteiger partial charge < -0.3 is 0 Å². The van der Waals surface area contributed by atoms with Gasteiger partial charge in [0.25, 0.3) is 0 Å². The predicted molar refractivity (Wildman–Crippen MR) is 82.0 cm³/mol. The minimum absolute atomic E-state index is 0.00961. The van der Waals surface area contributed by atoms with E-state index >= 15 is 0 Å². The maximum absolute atomic E-state index is 14.1. The maximum Gasteiger partial charge on any atom is 0.126 e. The SMILES string of the molecule is CCCCCC(C)(CCCCC)c1ccccc1F. The molecule has 0 radical (unpaired) electrons. The maximum atomic E-state index is 14.1. The quantitative estimate of drug-likeness (QED) is 0.463. The third-order valence-electron chi connectivity index (χ3n) is 4.19. The van der Waals surface area contributed by atoms with Crippen molar-refractivity contribution in [2.45, 2.75) is 77.6 Å². The molecule has 0 N–H and O–H groups in total. The molecule has 0 aromatic heterocycles. The van der Waals surface area contributed by atoms with E-state index in [1.165, 1.54) is 38.5 Å². The van der Waals surface area contributed by atoms with Crippen LogP contribution in [0.5, 0.6) is 0 Å². The van der Waals surface area contributed by atoms with E-state index in [-0.39, 0.29) is 11.2 Å². The van der Waals surface area contributed by atoms with Gasteiger partial charge >= 0.3 is 0 Å². The van der Waals surface area contributed by atoms with Gasteiger partial charge in [-0.2, -0.15) is 0 Å². The molecule has 1 rings (SSSR count). The summed E-state index contributed by atoms with van der Waals surface area (Å²) in [5, 5.41) is 0. The molecule has 108 valence electrons. The molecule has 0 heterocycles. The average Bonchev–Trinajstić information content (AvgIpc) is 2.40. The van der Waals surface area contributed by atoms with Crippen LogP contribution in [0.4, 0.5) is 4.39 Å². The molecule has 0 aliphatic heterocycles. The molecular weight excluding hydrogens is 235 g/mol. The summed E-state index contributed by atoms with van der Waals surface area (Å²) in [4.78, 5) is 0. The fourth-order valence-corrected chi connectivity index (χ4v) is 2.88. The third-order valence-corrected chi connectivity index (χ3v) is 4.19. The number of rotatable bonds is 9. The van der Waals surface area contributed by atoms with Gasteiger partial charge in [-0.05, 0) is 29.9 Å². The second-order valence-corrected chi connectivity index (χ2v) is 5.95. The second kappa shape index (κ2) is 8.35. The highest BCUT2D eigenvalue weighted by atomic mass is 19.1. The third kappa shape index (κ3) is 4.97. The number of hydrogen-bond acceptors (Lipinski definition) is 0. The molecular formula is C18H29F. The first kappa shape index (κ1) is 16.2. The van der Waals surface area contributed by atoms with E-state index in [1.54, 1.807) is 12.1 Å². The van der Waals surface area contributed by atoms with Crippen molar-refractivity contribution in [3.8, 4) is 0 Å². The first-order valence-corrected chi connectivity index (χ1v) is 7.89. The number of hydrogen-bond donors (Lipinski definition) is 0. The van der Waals surface area contributed by atoms with E-state index in [9.17, 15) is 4.39 Å². The van der Waals surface area contributed by atoms with Crippen LogP contribution < -0.4 is 0 Å². The highest BCUT2D eigenvalue weighted by Crippen LogP contribution is 2.36. The summed E-state index contributed by atoms with van der Waals surface area (Å²) in [5.41, 5.74) is 0.928. The Morgan fingerprint density at radius 1 is 0.895 bits per heavy atom. The summed E-state index contributed by atoms with van der Waals surface area (Å²) in [6, 6.07) is 7.34.